The van der Waals surface area contributed by atoms with Crippen LogP contribution in [0.15, 0.2) is 30.3 Å². The number of hydrogen-bond acceptors (Lipinski definition) is 3. The van der Waals surface area contributed by atoms with Gasteiger partial charge in [0, 0.05) is 42.7 Å². The molecule has 0 unspecified atom stereocenters. The average molecular weight is 323 g/mol. The zero-order valence-electron chi connectivity index (χ0n) is 15.1. The highest BCUT2D eigenvalue weighted by molar-refractivity contribution is 5.37. The van der Waals surface area contributed by atoms with Gasteiger partial charge in [-0.25, -0.2) is 4.68 Å². The number of aromatic nitrogens is 4. The third-order valence-corrected chi connectivity index (χ3v) is 4.70. The molecule has 2 heterocycles. The molecule has 5 heteroatoms. The summed E-state index contributed by atoms with van der Waals surface area (Å²) in [5, 5.41) is 12.7. The van der Waals surface area contributed by atoms with E-state index in [1.54, 1.807) is 0 Å². The molecule has 3 aromatic rings. The van der Waals surface area contributed by atoms with Crippen molar-refractivity contribution in [2.45, 2.75) is 40.8 Å². The molecule has 5 nitrogen and oxygen atoms in total. The lowest BCUT2D eigenvalue weighted by molar-refractivity contribution is 0.679. The normalized spacial score (nSPS) is 11.2. The number of benzene rings is 1. The first-order chi connectivity index (χ1) is 11.5. The molecule has 1 N–H and O–H groups in total. The third-order valence-electron chi connectivity index (χ3n) is 4.70. The Labute approximate surface area is 143 Å². The lowest BCUT2D eigenvalue weighted by Crippen LogP contribution is -2.15. The van der Waals surface area contributed by atoms with Gasteiger partial charge in [0.2, 0.25) is 0 Å². The van der Waals surface area contributed by atoms with Gasteiger partial charge in [0.25, 0.3) is 0 Å². The SMILES string of the molecule is Cc1nn(C)c(C)c1CNCc1c(C)nn(-c2ccccc2)c1C. The fourth-order valence-electron chi connectivity index (χ4n) is 3.14. The first kappa shape index (κ1) is 16.5. The minimum absolute atomic E-state index is 0.804. The van der Waals surface area contributed by atoms with Gasteiger partial charge in [-0.1, -0.05) is 18.2 Å². The van der Waals surface area contributed by atoms with Crippen molar-refractivity contribution in [1.82, 2.24) is 24.9 Å². The summed E-state index contributed by atoms with van der Waals surface area (Å²) in [5.74, 6) is 0. The van der Waals surface area contributed by atoms with Gasteiger partial charge in [-0.3, -0.25) is 4.68 Å². The van der Waals surface area contributed by atoms with Crippen LogP contribution in [0.4, 0.5) is 0 Å². The van der Waals surface area contributed by atoms with Crippen molar-refractivity contribution in [1.29, 1.82) is 0 Å². The van der Waals surface area contributed by atoms with Gasteiger partial charge in [-0.15, -0.1) is 0 Å². The van der Waals surface area contributed by atoms with E-state index in [1.807, 2.05) is 34.6 Å². The fourth-order valence-corrected chi connectivity index (χ4v) is 3.14. The van der Waals surface area contributed by atoms with Crippen molar-refractivity contribution in [3.63, 3.8) is 0 Å². The topological polar surface area (TPSA) is 47.7 Å². The van der Waals surface area contributed by atoms with Crippen LogP contribution in [-0.2, 0) is 20.1 Å². The molecule has 0 radical (unpaired) electrons. The van der Waals surface area contributed by atoms with E-state index in [0.29, 0.717) is 0 Å². The molecule has 0 fully saturated rings. The van der Waals surface area contributed by atoms with E-state index in [9.17, 15) is 0 Å². The van der Waals surface area contributed by atoms with Gasteiger partial charge in [0.05, 0.1) is 17.1 Å². The Balaban J connectivity index is 1.75. The van der Waals surface area contributed by atoms with Gasteiger partial charge >= 0.3 is 0 Å². The molecule has 0 atom stereocenters. The second-order valence-electron chi connectivity index (χ2n) is 6.27. The van der Waals surface area contributed by atoms with E-state index in [0.717, 1.165) is 30.2 Å². The number of aryl methyl sites for hydroxylation is 3. The van der Waals surface area contributed by atoms with E-state index in [-0.39, 0.29) is 0 Å². The van der Waals surface area contributed by atoms with E-state index in [4.69, 9.17) is 5.10 Å². The predicted octanol–water partition coefficient (Wildman–Crippen LogP) is 3.13. The van der Waals surface area contributed by atoms with Gasteiger partial charge in [-0.05, 0) is 39.8 Å². The Kier molecular flexibility index (Phi) is 4.53. The molecule has 3 rings (SSSR count). The molecule has 1 aromatic carbocycles. The van der Waals surface area contributed by atoms with Crippen LogP contribution in [-0.4, -0.2) is 19.6 Å². The molecular weight excluding hydrogens is 298 g/mol. The van der Waals surface area contributed by atoms with Gasteiger partial charge in [-0.2, -0.15) is 10.2 Å². The van der Waals surface area contributed by atoms with Crippen LogP contribution < -0.4 is 5.32 Å². The van der Waals surface area contributed by atoms with Crippen LogP contribution >= 0.6 is 0 Å². The summed E-state index contributed by atoms with van der Waals surface area (Å²) < 4.78 is 3.96. The van der Waals surface area contributed by atoms with Crippen molar-refractivity contribution in [2.75, 3.05) is 0 Å². The van der Waals surface area contributed by atoms with Crippen LogP contribution in [0.3, 0.4) is 0 Å². The summed E-state index contributed by atoms with van der Waals surface area (Å²) in [6, 6.07) is 10.3. The number of para-hydroxylation sites is 1. The maximum Gasteiger partial charge on any atom is 0.0648 e. The zero-order chi connectivity index (χ0) is 17.3. The maximum atomic E-state index is 4.71. The highest BCUT2D eigenvalue weighted by Crippen LogP contribution is 2.18. The molecule has 0 saturated carbocycles. The Morgan fingerprint density at radius 2 is 1.42 bits per heavy atom. The Hall–Kier alpha value is -2.40. The molecule has 0 aliphatic rings. The highest BCUT2D eigenvalue weighted by Gasteiger charge is 2.13. The molecule has 0 amide bonds. The summed E-state index contributed by atoms with van der Waals surface area (Å²) in [6.45, 7) is 10.0. The molecule has 0 bridgehead atoms. The van der Waals surface area contributed by atoms with E-state index >= 15 is 0 Å². The van der Waals surface area contributed by atoms with Crippen molar-refractivity contribution < 1.29 is 0 Å². The second-order valence-corrected chi connectivity index (χ2v) is 6.27. The molecule has 0 aliphatic carbocycles. The Morgan fingerprint density at radius 3 is 2.00 bits per heavy atom. The third kappa shape index (κ3) is 2.99. The number of hydrogen-bond donors (Lipinski definition) is 1. The Morgan fingerprint density at radius 1 is 0.833 bits per heavy atom. The largest absolute Gasteiger partial charge is 0.308 e. The minimum atomic E-state index is 0.804. The van der Waals surface area contributed by atoms with Gasteiger partial charge < -0.3 is 5.32 Å². The summed E-state index contributed by atoms with van der Waals surface area (Å²) >= 11 is 0. The summed E-state index contributed by atoms with van der Waals surface area (Å²) in [6.07, 6.45) is 0. The van der Waals surface area contributed by atoms with Crippen LogP contribution in [0.25, 0.3) is 5.69 Å². The standard InChI is InChI=1S/C19H25N5/c1-13-18(15(3)23(5)21-13)11-20-12-19-14(2)22-24(16(19)4)17-9-7-6-8-10-17/h6-10,20H,11-12H2,1-5H3. The summed E-state index contributed by atoms with van der Waals surface area (Å²) in [5.41, 5.74) is 8.21. The van der Waals surface area contributed by atoms with Crippen LogP contribution in [0.1, 0.15) is 33.9 Å². The molecule has 0 spiro atoms. The first-order valence-corrected chi connectivity index (χ1v) is 8.29. The smallest absolute Gasteiger partial charge is 0.0648 e. The minimum Gasteiger partial charge on any atom is -0.308 e. The molecular formula is C19H25N5. The van der Waals surface area contributed by atoms with E-state index in [1.165, 1.54) is 22.5 Å². The summed E-state index contributed by atoms with van der Waals surface area (Å²) in [4.78, 5) is 0. The zero-order valence-corrected chi connectivity index (χ0v) is 15.1. The van der Waals surface area contributed by atoms with Gasteiger partial charge in [0.15, 0.2) is 0 Å². The molecule has 2 aromatic heterocycles. The molecule has 0 aliphatic heterocycles. The Bertz CT molecular complexity index is 843. The van der Waals surface area contributed by atoms with Crippen molar-refractivity contribution in [3.8, 4) is 5.69 Å². The molecule has 24 heavy (non-hydrogen) atoms. The molecule has 0 saturated heterocycles. The van der Waals surface area contributed by atoms with Crippen LogP contribution in [0.2, 0.25) is 0 Å². The van der Waals surface area contributed by atoms with E-state index < -0.39 is 0 Å². The highest BCUT2D eigenvalue weighted by atomic mass is 15.3. The maximum absolute atomic E-state index is 4.71. The fraction of sp³-hybridized carbons (Fsp3) is 0.368. The lowest BCUT2D eigenvalue weighted by Gasteiger charge is -2.07. The second kappa shape index (κ2) is 6.61. The van der Waals surface area contributed by atoms with Crippen molar-refractivity contribution in [2.24, 2.45) is 7.05 Å². The van der Waals surface area contributed by atoms with Gasteiger partial charge in [0.1, 0.15) is 0 Å². The lowest BCUT2D eigenvalue weighted by atomic mass is 10.1. The van der Waals surface area contributed by atoms with Crippen LogP contribution in [0, 0.1) is 27.7 Å². The number of nitrogens with zero attached hydrogens (tertiary/aromatic N) is 4. The van der Waals surface area contributed by atoms with Crippen molar-refractivity contribution in [3.05, 3.63) is 64.2 Å². The molecule has 126 valence electrons. The summed E-state index contributed by atoms with van der Waals surface area (Å²) in [7, 11) is 1.99. The average Bonchev–Trinajstić information content (AvgIpc) is 2.99. The van der Waals surface area contributed by atoms with Crippen molar-refractivity contribution >= 4 is 0 Å². The van der Waals surface area contributed by atoms with E-state index in [2.05, 4.69) is 50.2 Å². The first-order valence-electron chi connectivity index (χ1n) is 8.29. The van der Waals surface area contributed by atoms with Crippen LogP contribution in [0.5, 0.6) is 0 Å². The number of rotatable bonds is 5. The predicted molar refractivity (Wildman–Crippen MR) is 96.3 cm³/mol. The quantitative estimate of drug-likeness (QED) is 0.785. The number of nitrogens with one attached hydrogen (secondary N) is 1. The monoisotopic (exact) mass is 323 g/mol.